The number of hydrogen-bond acceptors (Lipinski definition) is 2. The van der Waals surface area contributed by atoms with E-state index in [1.54, 1.807) is 0 Å². The number of halogens is 1. The largest absolute Gasteiger partial charge is 0.507 e. The van der Waals surface area contributed by atoms with Gasteiger partial charge in [0.1, 0.15) is 11.5 Å². The molecule has 0 saturated heterocycles. The molecule has 0 saturated carbocycles. The van der Waals surface area contributed by atoms with E-state index in [0.717, 1.165) is 33.4 Å². The first-order chi connectivity index (χ1) is 16.1. The topological polar surface area (TPSA) is 40.5 Å². The molecule has 0 amide bonds. The highest BCUT2D eigenvalue weighted by Crippen LogP contribution is 2.43. The Labute approximate surface area is 198 Å². The number of aromatic hydroxyl groups is 2. The summed E-state index contributed by atoms with van der Waals surface area (Å²) in [5.74, 6) is 0.397. The summed E-state index contributed by atoms with van der Waals surface area (Å²) < 4.78 is 0. The van der Waals surface area contributed by atoms with E-state index in [2.05, 4.69) is 0 Å². The molecule has 3 heteroatoms. The average Bonchev–Trinajstić information content (AvgIpc) is 2.86. The van der Waals surface area contributed by atoms with E-state index in [0.29, 0.717) is 16.1 Å². The zero-order valence-electron chi connectivity index (χ0n) is 17.7. The van der Waals surface area contributed by atoms with Crippen LogP contribution >= 0.6 is 11.6 Å². The van der Waals surface area contributed by atoms with Crippen molar-refractivity contribution in [2.75, 3.05) is 0 Å². The molecule has 0 bridgehead atoms. The highest BCUT2D eigenvalue weighted by molar-refractivity contribution is 6.33. The lowest BCUT2D eigenvalue weighted by molar-refractivity contribution is 0.478. The minimum absolute atomic E-state index is 0.187. The molecule has 5 rings (SSSR count). The Morgan fingerprint density at radius 2 is 0.848 bits per heavy atom. The maximum absolute atomic E-state index is 11.0. The standard InChI is InChI=1S/C30H21ClO2/c31-28-19-22(25-15-7-13-23(29(25)32)20-9-3-1-4-10-20)17-18-26(28)27-16-8-14-24(30(27)33)21-11-5-2-6-12-21/h1-19,32-33H. The van der Waals surface area contributed by atoms with Crippen molar-refractivity contribution in [3.63, 3.8) is 0 Å². The lowest BCUT2D eigenvalue weighted by Crippen LogP contribution is -1.88. The molecule has 0 radical (unpaired) electrons. The van der Waals surface area contributed by atoms with Gasteiger partial charge in [0, 0.05) is 32.8 Å². The van der Waals surface area contributed by atoms with Crippen LogP contribution in [-0.4, -0.2) is 10.2 Å². The highest BCUT2D eigenvalue weighted by atomic mass is 35.5. The fraction of sp³-hybridized carbons (Fsp3) is 0. The average molecular weight is 449 g/mol. The molecule has 160 valence electrons. The van der Waals surface area contributed by atoms with E-state index < -0.39 is 0 Å². The van der Waals surface area contributed by atoms with Gasteiger partial charge in [0.25, 0.3) is 0 Å². The van der Waals surface area contributed by atoms with Crippen molar-refractivity contribution in [3.8, 4) is 56.0 Å². The second-order valence-corrected chi connectivity index (χ2v) is 8.24. The maximum Gasteiger partial charge on any atom is 0.131 e. The predicted octanol–water partition coefficient (Wildman–Crippen LogP) is 8.42. The number of benzene rings is 5. The van der Waals surface area contributed by atoms with Gasteiger partial charge in [-0.3, -0.25) is 0 Å². The van der Waals surface area contributed by atoms with Crippen LogP contribution in [0.1, 0.15) is 0 Å². The van der Waals surface area contributed by atoms with Crippen molar-refractivity contribution in [3.05, 3.63) is 120 Å². The van der Waals surface area contributed by atoms with Gasteiger partial charge in [-0.1, -0.05) is 121 Å². The Balaban J connectivity index is 1.56. The van der Waals surface area contributed by atoms with E-state index >= 15 is 0 Å². The van der Waals surface area contributed by atoms with Gasteiger partial charge < -0.3 is 10.2 Å². The fourth-order valence-corrected chi connectivity index (χ4v) is 4.42. The van der Waals surface area contributed by atoms with Crippen LogP contribution in [0.25, 0.3) is 44.5 Å². The number of rotatable bonds is 4. The van der Waals surface area contributed by atoms with Gasteiger partial charge in [-0.05, 0) is 22.8 Å². The van der Waals surface area contributed by atoms with Crippen LogP contribution < -0.4 is 0 Å². The highest BCUT2D eigenvalue weighted by Gasteiger charge is 2.16. The summed E-state index contributed by atoms with van der Waals surface area (Å²) in [6, 6.07) is 36.5. The van der Waals surface area contributed by atoms with Gasteiger partial charge in [0.05, 0.1) is 0 Å². The van der Waals surface area contributed by atoms with Crippen molar-refractivity contribution >= 4 is 11.6 Å². The molecule has 0 spiro atoms. The lowest BCUT2D eigenvalue weighted by atomic mass is 9.94. The van der Waals surface area contributed by atoms with Crippen molar-refractivity contribution in [2.24, 2.45) is 0 Å². The fourth-order valence-electron chi connectivity index (χ4n) is 4.14. The third kappa shape index (κ3) is 3.97. The first-order valence-electron chi connectivity index (χ1n) is 10.7. The molecule has 0 aliphatic rings. The monoisotopic (exact) mass is 448 g/mol. The SMILES string of the molecule is Oc1c(-c2ccccc2)cccc1-c1ccc(-c2cccc(-c3ccccc3)c2O)c(Cl)c1. The predicted molar refractivity (Wildman–Crippen MR) is 137 cm³/mol. The van der Waals surface area contributed by atoms with Crippen molar-refractivity contribution in [2.45, 2.75) is 0 Å². The first-order valence-corrected chi connectivity index (χ1v) is 11.1. The van der Waals surface area contributed by atoms with E-state index in [1.807, 2.05) is 115 Å². The van der Waals surface area contributed by atoms with E-state index in [-0.39, 0.29) is 11.5 Å². The molecule has 0 unspecified atom stereocenters. The Morgan fingerprint density at radius 3 is 1.36 bits per heavy atom. The number of hydrogen-bond donors (Lipinski definition) is 2. The normalized spacial score (nSPS) is 10.8. The van der Waals surface area contributed by atoms with E-state index in [1.165, 1.54) is 0 Å². The lowest BCUT2D eigenvalue weighted by Gasteiger charge is -2.14. The molecular formula is C30H21ClO2. The molecule has 2 nitrogen and oxygen atoms in total. The summed E-state index contributed by atoms with van der Waals surface area (Å²) in [4.78, 5) is 0. The van der Waals surface area contributed by atoms with Crippen LogP contribution in [0, 0.1) is 0 Å². The molecule has 0 atom stereocenters. The van der Waals surface area contributed by atoms with Gasteiger partial charge in [0.15, 0.2) is 0 Å². The molecule has 5 aromatic rings. The first kappa shape index (κ1) is 20.9. The summed E-state index contributed by atoms with van der Waals surface area (Å²) >= 11 is 6.70. The van der Waals surface area contributed by atoms with Crippen LogP contribution in [0.2, 0.25) is 5.02 Å². The number of phenolic OH excluding ortho intramolecular Hbond substituents is 2. The smallest absolute Gasteiger partial charge is 0.131 e. The van der Waals surface area contributed by atoms with Crippen LogP contribution in [0.3, 0.4) is 0 Å². The third-order valence-corrected chi connectivity index (χ3v) is 6.12. The molecule has 0 fully saturated rings. The molecule has 0 aliphatic carbocycles. The van der Waals surface area contributed by atoms with Gasteiger partial charge >= 0.3 is 0 Å². The van der Waals surface area contributed by atoms with Gasteiger partial charge in [-0.15, -0.1) is 0 Å². The third-order valence-electron chi connectivity index (χ3n) is 5.81. The zero-order valence-corrected chi connectivity index (χ0v) is 18.5. The second-order valence-electron chi connectivity index (χ2n) is 7.83. The molecule has 33 heavy (non-hydrogen) atoms. The van der Waals surface area contributed by atoms with Crippen molar-refractivity contribution in [1.82, 2.24) is 0 Å². The Bertz CT molecular complexity index is 1430. The molecule has 0 aliphatic heterocycles. The molecule has 0 heterocycles. The van der Waals surface area contributed by atoms with Crippen molar-refractivity contribution < 1.29 is 10.2 Å². The quantitative estimate of drug-likeness (QED) is 0.289. The van der Waals surface area contributed by atoms with E-state index in [9.17, 15) is 10.2 Å². The summed E-state index contributed by atoms with van der Waals surface area (Å²) in [6.07, 6.45) is 0. The summed E-state index contributed by atoms with van der Waals surface area (Å²) in [6.45, 7) is 0. The molecular weight excluding hydrogens is 428 g/mol. The van der Waals surface area contributed by atoms with Gasteiger partial charge in [0.2, 0.25) is 0 Å². The number of phenols is 2. The Hall–Kier alpha value is -4.01. The summed E-state index contributed by atoms with van der Waals surface area (Å²) in [5.41, 5.74) is 6.30. The summed E-state index contributed by atoms with van der Waals surface area (Å²) in [7, 11) is 0. The van der Waals surface area contributed by atoms with Crippen molar-refractivity contribution in [1.29, 1.82) is 0 Å². The molecule has 2 N–H and O–H groups in total. The zero-order chi connectivity index (χ0) is 22.8. The molecule has 5 aromatic carbocycles. The Morgan fingerprint density at radius 1 is 0.394 bits per heavy atom. The Kier molecular flexibility index (Phi) is 5.60. The second kappa shape index (κ2) is 8.85. The van der Waals surface area contributed by atoms with Crippen LogP contribution in [0.5, 0.6) is 11.5 Å². The minimum atomic E-state index is 0.187. The minimum Gasteiger partial charge on any atom is -0.507 e. The number of para-hydroxylation sites is 2. The van der Waals surface area contributed by atoms with Gasteiger partial charge in [-0.25, -0.2) is 0 Å². The molecule has 0 aromatic heterocycles. The van der Waals surface area contributed by atoms with Crippen LogP contribution in [0.15, 0.2) is 115 Å². The maximum atomic E-state index is 11.0. The van der Waals surface area contributed by atoms with E-state index in [4.69, 9.17) is 11.6 Å². The van der Waals surface area contributed by atoms with Crippen LogP contribution in [0.4, 0.5) is 0 Å². The summed E-state index contributed by atoms with van der Waals surface area (Å²) in [5, 5.41) is 22.5. The van der Waals surface area contributed by atoms with Crippen LogP contribution in [-0.2, 0) is 0 Å². The van der Waals surface area contributed by atoms with Gasteiger partial charge in [-0.2, -0.15) is 0 Å².